The van der Waals surface area contributed by atoms with E-state index in [9.17, 15) is 40.7 Å². The number of aromatic nitrogens is 2. The Kier molecular flexibility index (Phi) is 7.01. The van der Waals surface area contributed by atoms with Crippen LogP contribution in [-0.2, 0) is 22.6 Å². The van der Waals surface area contributed by atoms with Crippen LogP contribution in [0.4, 0.5) is 31.1 Å². The van der Waals surface area contributed by atoms with Crippen molar-refractivity contribution in [1.82, 2.24) is 24.3 Å². The van der Waals surface area contributed by atoms with Crippen molar-refractivity contribution in [3.63, 3.8) is 0 Å². The molecule has 0 radical (unpaired) electrons. The summed E-state index contributed by atoms with van der Waals surface area (Å²) in [4.78, 5) is 44.8. The molecule has 0 N–H and O–H groups in total. The zero-order valence-corrected chi connectivity index (χ0v) is 19.2. The number of alkyl halides is 6. The summed E-state index contributed by atoms with van der Waals surface area (Å²) in [6.07, 6.45) is -15.8. The van der Waals surface area contributed by atoms with Crippen LogP contribution in [0.5, 0.6) is 0 Å². The molecule has 3 amide bonds. The number of likely N-dealkylation sites (tertiary alicyclic amines) is 1. The Morgan fingerprint density at radius 1 is 1.03 bits per heavy atom. The molecule has 9 nitrogen and oxygen atoms in total. The number of hydrogen-bond acceptors (Lipinski definition) is 5. The summed E-state index contributed by atoms with van der Waals surface area (Å²) in [5, 5.41) is 0. The van der Waals surface area contributed by atoms with Crippen molar-refractivity contribution in [1.29, 1.82) is 0 Å². The maximum atomic E-state index is 13.1. The molecule has 0 spiro atoms. The van der Waals surface area contributed by atoms with Crippen LogP contribution in [0.2, 0.25) is 0 Å². The number of carbonyl (C=O) groups is 3. The van der Waals surface area contributed by atoms with E-state index in [0.29, 0.717) is 18.9 Å². The highest BCUT2D eigenvalue weighted by atomic mass is 19.4. The Morgan fingerprint density at radius 2 is 1.60 bits per heavy atom. The molecule has 1 fully saturated rings. The molecule has 2 aliphatic rings. The van der Waals surface area contributed by atoms with E-state index in [1.165, 1.54) is 18.9 Å². The van der Waals surface area contributed by atoms with Gasteiger partial charge in [-0.15, -0.1) is 0 Å². The van der Waals surface area contributed by atoms with Crippen molar-refractivity contribution in [3.05, 3.63) is 17.7 Å². The van der Waals surface area contributed by atoms with Gasteiger partial charge >= 0.3 is 18.4 Å². The molecule has 15 heteroatoms. The monoisotopic (exact) mass is 513 g/mol. The van der Waals surface area contributed by atoms with E-state index >= 15 is 0 Å². The van der Waals surface area contributed by atoms with Gasteiger partial charge in [-0.2, -0.15) is 26.3 Å². The van der Waals surface area contributed by atoms with Gasteiger partial charge in [0.05, 0.1) is 6.54 Å². The number of nitrogens with zero attached hydrogens (tertiary/aromatic N) is 5. The normalized spacial score (nSPS) is 18.3. The van der Waals surface area contributed by atoms with E-state index in [1.54, 1.807) is 22.6 Å². The third kappa shape index (κ3) is 5.64. The number of rotatable bonds is 3. The number of hydrogen-bond donors (Lipinski definition) is 0. The fourth-order valence-electron chi connectivity index (χ4n) is 4.04. The van der Waals surface area contributed by atoms with Gasteiger partial charge in [-0.25, -0.2) is 9.78 Å². The fourth-order valence-corrected chi connectivity index (χ4v) is 4.04. The third-order valence-electron chi connectivity index (χ3n) is 6.49. The average molecular weight is 513 g/mol. The molecule has 0 aliphatic carbocycles. The van der Waals surface area contributed by atoms with E-state index in [1.807, 2.05) is 0 Å². The number of piperidine rings is 1. The van der Waals surface area contributed by atoms with Crippen LogP contribution in [0.1, 0.15) is 43.0 Å². The number of halogens is 6. The smallest absolute Gasteiger partial charge is 0.426 e. The number of imidazole rings is 1. The van der Waals surface area contributed by atoms with E-state index < -0.39 is 36.0 Å². The second-order valence-corrected chi connectivity index (χ2v) is 8.87. The zero-order chi connectivity index (χ0) is 26.3. The molecule has 0 atom stereocenters. The van der Waals surface area contributed by atoms with E-state index in [-0.39, 0.29) is 44.1 Å². The first-order valence-corrected chi connectivity index (χ1v) is 10.7. The van der Waals surface area contributed by atoms with E-state index in [2.05, 4.69) is 9.72 Å². The first-order chi connectivity index (χ1) is 16.0. The molecule has 3 rings (SSSR count). The molecule has 196 valence electrons. The summed E-state index contributed by atoms with van der Waals surface area (Å²) in [7, 11) is 1.51. The average Bonchev–Trinajstić information content (AvgIpc) is 3.18. The van der Waals surface area contributed by atoms with Crippen molar-refractivity contribution in [2.24, 2.45) is 0 Å². The summed E-state index contributed by atoms with van der Waals surface area (Å²) in [6, 6.07) is 0. The Hall–Kier alpha value is -3.00. The van der Waals surface area contributed by atoms with Gasteiger partial charge in [-0.05, 0) is 19.8 Å². The van der Waals surface area contributed by atoms with E-state index in [0.717, 1.165) is 4.90 Å². The second-order valence-electron chi connectivity index (χ2n) is 8.87. The van der Waals surface area contributed by atoms with Crippen LogP contribution in [-0.4, -0.2) is 92.8 Å². The van der Waals surface area contributed by atoms with Crippen molar-refractivity contribution in [2.45, 2.75) is 63.8 Å². The van der Waals surface area contributed by atoms with Gasteiger partial charge in [0.2, 0.25) is 5.91 Å². The highest BCUT2D eigenvalue weighted by molar-refractivity contribution is 5.92. The lowest BCUT2D eigenvalue weighted by Crippen LogP contribution is -2.56. The van der Waals surface area contributed by atoms with Gasteiger partial charge < -0.3 is 24.0 Å². The van der Waals surface area contributed by atoms with Crippen molar-refractivity contribution in [3.8, 4) is 0 Å². The van der Waals surface area contributed by atoms with E-state index in [4.69, 9.17) is 0 Å². The van der Waals surface area contributed by atoms with Crippen molar-refractivity contribution in [2.75, 3.05) is 26.7 Å². The summed E-state index contributed by atoms with van der Waals surface area (Å²) in [5.74, 6) is 0.00244. The summed E-state index contributed by atoms with van der Waals surface area (Å²) < 4.78 is 81.6. The Morgan fingerprint density at radius 3 is 2.11 bits per heavy atom. The molecule has 35 heavy (non-hydrogen) atoms. The van der Waals surface area contributed by atoms with Crippen LogP contribution in [0, 0.1) is 0 Å². The standard InChI is InChI=1S/C20H25F6N5O4/c1-12(32)30-8-9-31-10-13(27-14(31)11-30)15(33)28(3)18(2)4-6-29(7-5-18)17(34)35-16(19(21,22)23)20(24,25)26/h10,16H,4-9,11H2,1-3H3. The van der Waals surface area contributed by atoms with Crippen LogP contribution < -0.4 is 0 Å². The predicted molar refractivity (Wildman–Crippen MR) is 107 cm³/mol. The number of fused-ring (bicyclic) bond motifs is 1. The maximum absolute atomic E-state index is 13.1. The molecule has 1 saturated heterocycles. The topological polar surface area (TPSA) is 88.0 Å². The number of amides is 3. The van der Waals surface area contributed by atoms with Gasteiger partial charge in [0.15, 0.2) is 0 Å². The van der Waals surface area contributed by atoms with Crippen LogP contribution in [0.25, 0.3) is 0 Å². The molecule has 0 bridgehead atoms. The lowest BCUT2D eigenvalue weighted by molar-refractivity contribution is -0.308. The molecular weight excluding hydrogens is 488 g/mol. The summed E-state index contributed by atoms with van der Waals surface area (Å²) >= 11 is 0. The minimum atomic E-state index is -5.80. The molecule has 0 aromatic carbocycles. The van der Waals surface area contributed by atoms with Crippen LogP contribution in [0.15, 0.2) is 6.20 Å². The van der Waals surface area contributed by atoms with Gasteiger partial charge in [0, 0.05) is 51.9 Å². The zero-order valence-electron chi connectivity index (χ0n) is 19.2. The van der Waals surface area contributed by atoms with Crippen molar-refractivity contribution < 1.29 is 45.5 Å². The Bertz CT molecular complexity index is 970. The lowest BCUT2D eigenvalue weighted by Gasteiger charge is -2.44. The van der Waals surface area contributed by atoms with Gasteiger partial charge in [-0.1, -0.05) is 0 Å². The van der Waals surface area contributed by atoms with Gasteiger partial charge in [0.25, 0.3) is 12.0 Å². The largest absolute Gasteiger partial charge is 0.434 e. The quantitative estimate of drug-likeness (QED) is 0.581. The second kappa shape index (κ2) is 9.22. The van der Waals surface area contributed by atoms with Gasteiger partial charge in [-0.3, -0.25) is 9.59 Å². The minimum absolute atomic E-state index is 0.0960. The molecule has 1 aromatic rings. The highest BCUT2D eigenvalue weighted by Crippen LogP contribution is 2.37. The lowest BCUT2D eigenvalue weighted by atomic mass is 9.88. The van der Waals surface area contributed by atoms with Crippen LogP contribution >= 0.6 is 0 Å². The van der Waals surface area contributed by atoms with Crippen molar-refractivity contribution >= 4 is 17.9 Å². The number of carbonyl (C=O) groups excluding carboxylic acids is 3. The molecule has 2 aliphatic heterocycles. The SMILES string of the molecule is CC(=O)N1CCn2cc(C(=O)N(C)C3(C)CCN(C(=O)OC(C(F)(F)F)C(F)(F)F)CC3)nc2C1. The molecule has 0 saturated carbocycles. The predicted octanol–water partition coefficient (Wildman–Crippen LogP) is 2.80. The Balaban J connectivity index is 1.63. The summed E-state index contributed by atoms with van der Waals surface area (Å²) in [5.41, 5.74) is -0.689. The first kappa shape index (κ1) is 26.6. The van der Waals surface area contributed by atoms with Gasteiger partial charge in [0.1, 0.15) is 11.5 Å². The van der Waals surface area contributed by atoms with Crippen LogP contribution in [0.3, 0.4) is 0 Å². The first-order valence-electron chi connectivity index (χ1n) is 10.7. The fraction of sp³-hybridized carbons (Fsp3) is 0.700. The summed E-state index contributed by atoms with van der Waals surface area (Å²) in [6.45, 7) is 3.95. The third-order valence-corrected chi connectivity index (χ3v) is 6.49. The Labute approximate surface area is 196 Å². The maximum Gasteiger partial charge on any atom is 0.434 e. The molecule has 0 unspecified atom stereocenters. The molecule has 1 aromatic heterocycles. The highest BCUT2D eigenvalue weighted by Gasteiger charge is 2.60. The number of ether oxygens (including phenoxy) is 1. The minimum Gasteiger partial charge on any atom is -0.426 e. The molecule has 3 heterocycles. The molecular formula is C20H25F6N5O4.